The Labute approximate surface area is 387 Å². The highest BCUT2D eigenvalue weighted by Crippen LogP contribution is 2.54. The molecule has 0 bridgehead atoms. The molecule has 0 spiro atoms. The van der Waals surface area contributed by atoms with Crippen LogP contribution in [0, 0.1) is 6.92 Å². The molecule has 7 rings (SSSR count). The molecule has 1 radical (unpaired) electrons. The van der Waals surface area contributed by atoms with Gasteiger partial charge in [-0.15, -0.1) is 20.4 Å². The summed E-state index contributed by atoms with van der Waals surface area (Å²) < 4.78 is 26.3. The van der Waals surface area contributed by atoms with Crippen LogP contribution in [0.4, 0.5) is 0 Å². The van der Waals surface area contributed by atoms with Crippen LogP contribution in [-0.4, -0.2) is 160 Å². The molecule has 2 aromatic carbocycles. The number of aliphatic hydroxyl groups is 6. The van der Waals surface area contributed by atoms with Crippen LogP contribution in [0.15, 0.2) is 48.8 Å². The molecule has 0 amide bonds. The first-order valence-electron chi connectivity index (χ1n) is 22.6. The van der Waals surface area contributed by atoms with Crippen molar-refractivity contribution in [3.63, 3.8) is 0 Å². The number of unbranched alkanes of at least 4 members (excludes halogenated alkanes) is 6. The molecule has 0 saturated carbocycles. The molecule has 21 heteroatoms. The van der Waals surface area contributed by atoms with Gasteiger partial charge in [-0.2, -0.15) is 0 Å². The van der Waals surface area contributed by atoms with Crippen molar-refractivity contribution in [2.24, 2.45) is 0 Å². The van der Waals surface area contributed by atoms with E-state index < -0.39 is 73.2 Å². The minimum atomic E-state index is -1.81. The van der Waals surface area contributed by atoms with Crippen molar-refractivity contribution in [1.82, 2.24) is 30.0 Å². The van der Waals surface area contributed by atoms with E-state index in [1.807, 2.05) is 0 Å². The second-order valence-electron chi connectivity index (χ2n) is 17.5. The molecule has 66 heavy (non-hydrogen) atoms. The lowest BCUT2D eigenvalue weighted by molar-refractivity contribution is -0.250. The zero-order valence-electron chi connectivity index (χ0n) is 37.1. The maximum Gasteiger partial charge on any atom is 0.335 e. The number of carbonyl (C=O) groups is 2. The molecule has 1 aliphatic carbocycles. The predicted molar refractivity (Wildman–Crippen MR) is 233 cm³/mol. The number of aliphatic carboxylic acids is 2. The van der Waals surface area contributed by atoms with Gasteiger partial charge in [-0.1, -0.05) is 90.9 Å². The maximum atomic E-state index is 11.6. The number of hydrogen-bond acceptors (Lipinski definition) is 16. The van der Waals surface area contributed by atoms with Crippen molar-refractivity contribution in [3.05, 3.63) is 76.9 Å². The second kappa shape index (κ2) is 22.3. The Morgan fingerprint density at radius 2 is 1.26 bits per heavy atom. The van der Waals surface area contributed by atoms with Crippen molar-refractivity contribution >= 4 is 31.6 Å². The van der Waals surface area contributed by atoms with Crippen LogP contribution in [0.1, 0.15) is 105 Å². The van der Waals surface area contributed by atoms with Gasteiger partial charge in [0.05, 0.1) is 31.3 Å². The van der Waals surface area contributed by atoms with Crippen molar-refractivity contribution in [3.8, 4) is 11.1 Å². The van der Waals surface area contributed by atoms with Gasteiger partial charge < -0.3 is 59.8 Å². The normalized spacial score (nSPS) is 28.2. The molecule has 357 valence electrons. The Morgan fingerprint density at radius 3 is 1.88 bits per heavy atom. The lowest BCUT2D eigenvalue weighted by atomic mass is 9.70. The summed E-state index contributed by atoms with van der Waals surface area (Å²) in [5.74, 6) is -0.686. The van der Waals surface area contributed by atoms with Gasteiger partial charge in [0.2, 0.25) is 15.2 Å². The SMILES string of the molecule is [CH3][Al][c]1ccc2c(c1)C(CCCCCCOCc1cn(C3OC(C(=O)O)C(O)C(O)C3O)nn1)(CCCCCCOCc1cnnn1C1OC(C(=O)O)C(O)C(O)C1O)c1cc(C)ccc1-2. The summed E-state index contributed by atoms with van der Waals surface area (Å²) in [7, 11) is 0. The van der Waals surface area contributed by atoms with Crippen molar-refractivity contribution in [2.75, 3.05) is 13.2 Å². The largest absolute Gasteiger partial charge is 0.479 e. The quantitative estimate of drug-likeness (QED) is 0.0384. The molecule has 11 unspecified atom stereocenters. The molecule has 2 fully saturated rings. The van der Waals surface area contributed by atoms with Crippen LogP contribution in [0.25, 0.3) is 11.1 Å². The van der Waals surface area contributed by atoms with Crippen LogP contribution >= 0.6 is 0 Å². The average molecular weight is 936 g/mol. The topological polar surface area (TPSA) is 294 Å². The van der Waals surface area contributed by atoms with Crippen molar-refractivity contribution < 1.29 is 69.4 Å². The average Bonchev–Trinajstić information content (AvgIpc) is 4.03. The number of carboxylic acid groups (broad SMARTS) is 2. The number of benzene rings is 2. The molecular formula is C45H60AlN6O14. The fourth-order valence-corrected chi connectivity index (χ4v) is 10.1. The van der Waals surface area contributed by atoms with Gasteiger partial charge in [0, 0.05) is 18.6 Å². The summed E-state index contributed by atoms with van der Waals surface area (Å²) in [5.41, 5.74) is 7.45. The fraction of sp³-hybridized carbons (Fsp3) is 0.600. The van der Waals surface area contributed by atoms with Gasteiger partial charge in [-0.3, -0.25) is 0 Å². The van der Waals surface area contributed by atoms with Crippen molar-refractivity contribution in [2.45, 2.75) is 157 Å². The number of aromatic nitrogens is 6. The summed E-state index contributed by atoms with van der Waals surface area (Å²) in [4.78, 5) is 23.1. The Balaban J connectivity index is 0.892. The number of ether oxygens (including phenoxy) is 4. The van der Waals surface area contributed by atoms with Crippen molar-refractivity contribution in [1.29, 1.82) is 0 Å². The van der Waals surface area contributed by atoms with Crippen LogP contribution in [0.5, 0.6) is 0 Å². The smallest absolute Gasteiger partial charge is 0.335 e. The van der Waals surface area contributed by atoms with Crippen LogP contribution < -0.4 is 4.43 Å². The zero-order chi connectivity index (χ0) is 47.1. The van der Waals surface area contributed by atoms with E-state index in [9.17, 15) is 50.4 Å². The Bertz CT molecular complexity index is 2260. The van der Waals surface area contributed by atoms with E-state index >= 15 is 0 Å². The van der Waals surface area contributed by atoms with Gasteiger partial charge >= 0.3 is 11.9 Å². The third kappa shape index (κ3) is 10.7. The van der Waals surface area contributed by atoms with Gasteiger partial charge in [-0.05, 0) is 54.9 Å². The molecule has 8 N–H and O–H groups in total. The summed E-state index contributed by atoms with van der Waals surface area (Å²) in [5, 5.41) is 96.0. The highest BCUT2D eigenvalue weighted by Gasteiger charge is 2.50. The molecule has 2 aliphatic heterocycles. The monoisotopic (exact) mass is 935 g/mol. The summed E-state index contributed by atoms with van der Waals surface area (Å²) in [6, 6.07) is 13.9. The highest BCUT2D eigenvalue weighted by atomic mass is 27.1. The summed E-state index contributed by atoms with van der Waals surface area (Å²) in [6.45, 7) is 3.31. The first-order valence-corrected chi connectivity index (χ1v) is 24.3. The van der Waals surface area contributed by atoms with E-state index in [0.717, 1.165) is 68.9 Å². The number of aliphatic hydroxyl groups excluding tert-OH is 6. The number of aryl methyl sites for hydroxylation is 1. The van der Waals surface area contributed by atoms with E-state index in [1.165, 1.54) is 49.3 Å². The number of nitrogens with zero attached hydrogens (tertiary/aromatic N) is 6. The number of fused-ring (bicyclic) bond motifs is 3. The lowest BCUT2D eigenvalue weighted by Gasteiger charge is -2.38. The van der Waals surface area contributed by atoms with E-state index in [4.69, 9.17) is 18.9 Å². The summed E-state index contributed by atoms with van der Waals surface area (Å²) >= 11 is 0.149. The fourth-order valence-electron chi connectivity index (χ4n) is 9.43. The number of hydrogen-bond donors (Lipinski definition) is 8. The maximum absolute atomic E-state index is 11.6. The molecular weight excluding hydrogens is 876 g/mol. The van der Waals surface area contributed by atoms with Crippen LogP contribution in [0.2, 0.25) is 5.79 Å². The van der Waals surface area contributed by atoms with Gasteiger partial charge in [0.1, 0.15) is 42.3 Å². The third-order valence-corrected chi connectivity index (χ3v) is 14.1. The minimum absolute atomic E-state index is 0.0715. The minimum Gasteiger partial charge on any atom is -0.479 e. The lowest BCUT2D eigenvalue weighted by Crippen LogP contribution is -2.58. The molecule has 4 heterocycles. The van der Waals surface area contributed by atoms with E-state index in [1.54, 1.807) is 0 Å². The van der Waals surface area contributed by atoms with E-state index in [-0.39, 0.29) is 33.8 Å². The van der Waals surface area contributed by atoms with E-state index in [0.29, 0.717) is 24.6 Å². The molecule has 11 atom stereocenters. The van der Waals surface area contributed by atoms with Gasteiger partial charge in [-0.25, -0.2) is 19.0 Å². The third-order valence-electron chi connectivity index (χ3n) is 13.0. The van der Waals surface area contributed by atoms with Crippen LogP contribution in [-0.2, 0) is 47.2 Å². The standard InChI is InChI=1S/C44H57N6O14.CH3.Al/c1-25-14-15-29-28-12-6-7-13-30(28)44(31(29)20-25,16-8-2-4-10-18-61-23-26-22-49(48-46-26)40-36(55)32(51)34(53)38(63-40)42(57)58)17-9-3-5-11-19-62-24-27-21-45-47-50(27)41-37(56)33(52)35(54)39(64-41)43(59)60;;/h6,12-15,20-22,32-41,51-56H,2-5,8-11,16-19,23-24H2,1H3,(H,57,58)(H,59,60);1H3;. The Kier molecular flexibility index (Phi) is 16.8. The molecule has 3 aliphatic rings. The van der Waals surface area contributed by atoms with Gasteiger partial charge in [0.15, 0.2) is 24.7 Å². The molecule has 4 aromatic rings. The van der Waals surface area contributed by atoms with Gasteiger partial charge in [0.25, 0.3) is 0 Å². The number of carboxylic acids is 2. The van der Waals surface area contributed by atoms with Crippen LogP contribution in [0.3, 0.4) is 0 Å². The molecule has 2 saturated heterocycles. The summed E-state index contributed by atoms with van der Waals surface area (Å²) in [6.07, 6.45) is -4.06. The highest BCUT2D eigenvalue weighted by molar-refractivity contribution is 6.52. The first kappa shape index (κ1) is 49.7. The Hall–Kier alpha value is -4.21. The first-order chi connectivity index (χ1) is 31.7. The van der Waals surface area contributed by atoms with E-state index in [2.05, 4.69) is 69.7 Å². The zero-order valence-corrected chi connectivity index (χ0v) is 38.2. The number of rotatable bonds is 23. The predicted octanol–water partition coefficient (Wildman–Crippen LogP) is 1.29. The molecule has 20 nitrogen and oxygen atoms in total. The Morgan fingerprint density at radius 1 is 0.697 bits per heavy atom. The second-order valence-corrected chi connectivity index (χ2v) is 18.8. The molecule has 2 aromatic heterocycles.